The summed E-state index contributed by atoms with van der Waals surface area (Å²) in [5.74, 6) is -0.237. The van der Waals surface area contributed by atoms with Crippen LogP contribution in [0.15, 0.2) is 12.1 Å². The molecule has 1 heterocycles. The van der Waals surface area contributed by atoms with Crippen LogP contribution in [0, 0.1) is 10.7 Å². The summed E-state index contributed by atoms with van der Waals surface area (Å²) >= 11 is 7.96. The maximum atomic E-state index is 12.5. The van der Waals surface area contributed by atoms with Crippen molar-refractivity contribution in [2.24, 2.45) is 0 Å². The monoisotopic (exact) mass is 615 g/mol. The Hall–Kier alpha value is 0.700. The minimum Gasteiger partial charge on any atom is -0.480 e. The average Bonchev–Trinajstić information content (AvgIpc) is 2.82. The third-order valence-corrected chi connectivity index (χ3v) is 7.33. The molecule has 1 aliphatic rings. The molecule has 1 amide bonds. The highest BCUT2D eigenvalue weighted by molar-refractivity contribution is 14.1. The third-order valence-electron chi connectivity index (χ3n) is 2.65. The van der Waals surface area contributed by atoms with E-state index >= 15 is 0 Å². The molecule has 1 N–H and O–H groups in total. The molecule has 2 rings (SSSR count). The summed E-state index contributed by atoms with van der Waals surface area (Å²) in [5.41, 5.74) is 0.589. The first-order chi connectivity index (χ1) is 8.91. The first-order valence-electron chi connectivity index (χ1n) is 5.18. The molecule has 102 valence electrons. The van der Waals surface area contributed by atoms with Crippen LogP contribution in [0.5, 0.6) is 0 Å². The molecule has 1 aromatic rings. The van der Waals surface area contributed by atoms with E-state index in [1.54, 1.807) is 0 Å². The van der Waals surface area contributed by atoms with Crippen LogP contribution < -0.4 is 0 Å². The van der Waals surface area contributed by atoms with Gasteiger partial charge in [0, 0.05) is 16.5 Å². The van der Waals surface area contributed by atoms with Crippen LogP contribution in [-0.2, 0) is 4.79 Å². The summed E-state index contributed by atoms with van der Waals surface area (Å²) < 4.78 is 2.86. The molecule has 1 aliphatic heterocycles. The summed E-state index contributed by atoms with van der Waals surface area (Å²) in [6.07, 6.45) is 0. The van der Waals surface area contributed by atoms with Gasteiger partial charge in [-0.3, -0.25) is 4.79 Å². The van der Waals surface area contributed by atoms with E-state index in [4.69, 9.17) is 5.11 Å². The standard InChI is InChI=1S/C11H8I3NO3S/c12-5-1-6(9(14)7(13)2-5)10(16)15-4-19-3-8(15)11(17)18/h1-2,8H,3-4H2,(H,17,18). The SMILES string of the molecule is O=C(O)C1CSCN1C(=O)c1cc(I)cc(I)c1I. The van der Waals surface area contributed by atoms with Gasteiger partial charge in [0.2, 0.25) is 0 Å². The Labute approximate surface area is 155 Å². The molecule has 1 fully saturated rings. The first-order valence-corrected chi connectivity index (χ1v) is 9.57. The summed E-state index contributed by atoms with van der Waals surface area (Å²) in [5, 5.41) is 9.15. The lowest BCUT2D eigenvalue weighted by Crippen LogP contribution is -2.42. The van der Waals surface area contributed by atoms with Crippen molar-refractivity contribution in [3.05, 3.63) is 28.4 Å². The number of aliphatic carboxylic acids is 1. The van der Waals surface area contributed by atoms with Crippen molar-refractivity contribution in [3.63, 3.8) is 0 Å². The second-order valence-corrected chi connectivity index (χ2v) is 8.36. The van der Waals surface area contributed by atoms with Crippen LogP contribution in [0.1, 0.15) is 10.4 Å². The molecule has 4 nitrogen and oxygen atoms in total. The maximum Gasteiger partial charge on any atom is 0.327 e. The van der Waals surface area contributed by atoms with Crippen LogP contribution in [-0.4, -0.2) is 39.6 Å². The van der Waals surface area contributed by atoms with Crippen LogP contribution in [0.3, 0.4) is 0 Å². The summed E-state index contributed by atoms with van der Waals surface area (Å²) in [7, 11) is 0. The molecule has 1 aromatic carbocycles. The fourth-order valence-corrected chi connectivity index (χ4v) is 5.25. The molecule has 1 saturated heterocycles. The van der Waals surface area contributed by atoms with Gasteiger partial charge in [0.15, 0.2) is 0 Å². The highest BCUT2D eigenvalue weighted by Gasteiger charge is 2.35. The number of amides is 1. The normalized spacial score (nSPS) is 18.7. The van der Waals surface area contributed by atoms with Gasteiger partial charge in [-0.25, -0.2) is 4.79 Å². The topological polar surface area (TPSA) is 57.6 Å². The molecule has 19 heavy (non-hydrogen) atoms. The molecule has 0 bridgehead atoms. The number of hydrogen-bond acceptors (Lipinski definition) is 3. The van der Waals surface area contributed by atoms with E-state index < -0.39 is 12.0 Å². The lowest BCUT2D eigenvalue weighted by Gasteiger charge is -2.21. The van der Waals surface area contributed by atoms with Gasteiger partial charge in [-0.15, -0.1) is 11.8 Å². The largest absolute Gasteiger partial charge is 0.480 e. The van der Waals surface area contributed by atoms with Crippen molar-refractivity contribution in [1.82, 2.24) is 4.90 Å². The van der Waals surface area contributed by atoms with Gasteiger partial charge < -0.3 is 10.0 Å². The molecule has 1 unspecified atom stereocenters. The van der Waals surface area contributed by atoms with E-state index in [2.05, 4.69) is 67.8 Å². The zero-order valence-electron chi connectivity index (χ0n) is 9.40. The van der Waals surface area contributed by atoms with Gasteiger partial charge in [0.1, 0.15) is 6.04 Å². The van der Waals surface area contributed by atoms with E-state index in [1.807, 2.05) is 12.1 Å². The van der Waals surface area contributed by atoms with E-state index in [0.29, 0.717) is 17.2 Å². The highest BCUT2D eigenvalue weighted by Crippen LogP contribution is 2.28. The zero-order chi connectivity index (χ0) is 14.2. The van der Waals surface area contributed by atoms with Crippen LogP contribution in [0.2, 0.25) is 0 Å². The molecular weight excluding hydrogens is 607 g/mol. The molecule has 0 aromatic heterocycles. The first kappa shape index (κ1) is 16.1. The summed E-state index contributed by atoms with van der Waals surface area (Å²) in [6, 6.07) is 3.09. The number of carboxylic acids is 1. The predicted molar refractivity (Wildman–Crippen MR) is 99.5 cm³/mol. The summed E-state index contributed by atoms with van der Waals surface area (Å²) in [4.78, 5) is 25.1. The van der Waals surface area contributed by atoms with Crippen LogP contribution in [0.4, 0.5) is 0 Å². The fourth-order valence-electron chi connectivity index (χ4n) is 1.71. The predicted octanol–water partition coefficient (Wildman–Crippen LogP) is 3.10. The minimum atomic E-state index is -0.936. The Morgan fingerprint density at radius 1 is 1.32 bits per heavy atom. The Bertz CT molecular complexity index is 552. The number of rotatable bonds is 2. The minimum absolute atomic E-state index is 0.196. The van der Waals surface area contributed by atoms with Gasteiger partial charge >= 0.3 is 5.97 Å². The van der Waals surface area contributed by atoms with E-state index in [1.165, 1.54) is 16.7 Å². The van der Waals surface area contributed by atoms with Crippen molar-refractivity contribution in [2.45, 2.75) is 6.04 Å². The Balaban J connectivity index is 2.37. The molecule has 0 aliphatic carbocycles. The number of hydrogen-bond donors (Lipinski definition) is 1. The van der Waals surface area contributed by atoms with Crippen molar-refractivity contribution < 1.29 is 14.7 Å². The van der Waals surface area contributed by atoms with Crippen LogP contribution in [0.25, 0.3) is 0 Å². The fraction of sp³-hybridized carbons (Fsp3) is 0.273. The third kappa shape index (κ3) is 3.48. The average molecular weight is 615 g/mol. The Morgan fingerprint density at radius 2 is 2.00 bits per heavy atom. The molecular formula is C11H8I3NO3S. The van der Waals surface area contributed by atoms with Gasteiger partial charge in [-0.2, -0.15) is 0 Å². The second kappa shape index (κ2) is 6.64. The van der Waals surface area contributed by atoms with Gasteiger partial charge in [0.05, 0.1) is 11.4 Å². The number of halogens is 3. The lowest BCUT2D eigenvalue weighted by atomic mass is 10.2. The lowest BCUT2D eigenvalue weighted by molar-refractivity contribution is -0.140. The Morgan fingerprint density at radius 3 is 2.63 bits per heavy atom. The molecule has 1 atom stereocenters. The number of carboxylic acid groups (broad SMARTS) is 1. The van der Waals surface area contributed by atoms with Gasteiger partial charge in [0.25, 0.3) is 5.91 Å². The number of thioether (sulfide) groups is 1. The number of nitrogens with zero attached hydrogens (tertiary/aromatic N) is 1. The van der Waals surface area contributed by atoms with Gasteiger partial charge in [-0.05, 0) is 79.9 Å². The number of benzene rings is 1. The number of carbonyl (C=O) groups is 2. The summed E-state index contributed by atoms with van der Waals surface area (Å²) in [6.45, 7) is 0. The second-order valence-electron chi connectivity index (χ2n) is 3.88. The zero-order valence-corrected chi connectivity index (χ0v) is 16.7. The molecule has 0 saturated carbocycles. The smallest absolute Gasteiger partial charge is 0.327 e. The van der Waals surface area contributed by atoms with E-state index in [0.717, 1.165) is 10.7 Å². The van der Waals surface area contributed by atoms with Crippen molar-refractivity contribution >= 4 is 91.4 Å². The maximum absolute atomic E-state index is 12.5. The quantitative estimate of drug-likeness (QED) is 0.411. The van der Waals surface area contributed by atoms with E-state index in [9.17, 15) is 9.59 Å². The van der Waals surface area contributed by atoms with Crippen molar-refractivity contribution in [3.8, 4) is 0 Å². The van der Waals surface area contributed by atoms with Crippen molar-refractivity contribution in [1.29, 1.82) is 0 Å². The highest BCUT2D eigenvalue weighted by atomic mass is 127. The van der Waals surface area contributed by atoms with Gasteiger partial charge in [-0.1, -0.05) is 0 Å². The molecule has 0 radical (unpaired) electrons. The molecule has 8 heteroatoms. The number of carbonyl (C=O) groups excluding carboxylic acids is 1. The Kier molecular flexibility index (Phi) is 5.62. The van der Waals surface area contributed by atoms with E-state index in [-0.39, 0.29) is 5.91 Å². The molecule has 0 spiro atoms. The van der Waals surface area contributed by atoms with Crippen LogP contribution >= 0.6 is 79.5 Å². The van der Waals surface area contributed by atoms with Crippen molar-refractivity contribution in [2.75, 3.05) is 11.6 Å².